The lowest BCUT2D eigenvalue weighted by molar-refractivity contribution is -0.123. The van der Waals surface area contributed by atoms with Crippen LogP contribution in [-0.2, 0) is 21.4 Å². The smallest absolute Gasteiger partial charge is 0.252 e. The maximum Gasteiger partial charge on any atom is 0.252 e. The summed E-state index contributed by atoms with van der Waals surface area (Å²) in [4.78, 5) is 20.4. The fourth-order valence-corrected chi connectivity index (χ4v) is 8.40. The van der Waals surface area contributed by atoms with Gasteiger partial charge < -0.3 is 4.74 Å². The summed E-state index contributed by atoms with van der Waals surface area (Å²) in [6.07, 6.45) is 1.21. The van der Waals surface area contributed by atoms with Crippen molar-refractivity contribution in [3.63, 3.8) is 0 Å². The van der Waals surface area contributed by atoms with Gasteiger partial charge in [0.25, 0.3) is 10.0 Å². The molecule has 11 heteroatoms. The number of fused-ring (bicyclic) bond motifs is 1. The predicted molar refractivity (Wildman–Crippen MR) is 145 cm³/mol. The Balaban J connectivity index is 1.45. The van der Waals surface area contributed by atoms with E-state index in [0.717, 1.165) is 27.1 Å². The molecule has 1 amide bonds. The van der Waals surface area contributed by atoms with Crippen molar-refractivity contribution in [1.29, 1.82) is 0 Å². The van der Waals surface area contributed by atoms with Crippen LogP contribution in [0.2, 0.25) is 4.34 Å². The molecule has 1 unspecified atom stereocenters. The highest BCUT2D eigenvalue weighted by molar-refractivity contribution is 7.91. The molecule has 0 N–H and O–H groups in total. The molecule has 0 spiro atoms. The quantitative estimate of drug-likeness (QED) is 0.291. The molecule has 0 radical (unpaired) electrons. The Morgan fingerprint density at radius 2 is 1.97 bits per heavy atom. The molecule has 2 aromatic carbocycles. The highest BCUT2D eigenvalue weighted by Gasteiger charge is 2.36. The lowest BCUT2D eigenvalue weighted by Gasteiger charge is -2.33. The van der Waals surface area contributed by atoms with Gasteiger partial charge in [-0.05, 0) is 42.7 Å². The molecule has 1 fully saturated rings. The molecule has 1 aliphatic rings. The minimum Gasteiger partial charge on any atom is -0.497 e. The molecule has 0 aliphatic carbocycles. The van der Waals surface area contributed by atoms with Crippen LogP contribution in [0, 0.1) is 5.92 Å². The topological polar surface area (TPSA) is 79.8 Å². The number of hydrogen-bond acceptors (Lipinski definition) is 7. The Labute approximate surface area is 223 Å². The Kier molecular flexibility index (Phi) is 7.32. The zero-order valence-corrected chi connectivity index (χ0v) is 22.7. The average molecular weight is 562 g/mol. The number of ether oxygens (including phenoxy) is 1. The summed E-state index contributed by atoms with van der Waals surface area (Å²) in [6.45, 7) is 0.850. The van der Waals surface area contributed by atoms with Gasteiger partial charge in [-0.25, -0.2) is 13.4 Å². The summed E-state index contributed by atoms with van der Waals surface area (Å²) in [5.74, 6) is 0.0882. The lowest BCUT2D eigenvalue weighted by Crippen LogP contribution is -2.46. The number of carbonyl (C=O) groups is 1. The molecule has 1 aliphatic heterocycles. The summed E-state index contributed by atoms with van der Waals surface area (Å²) in [5.41, 5.74) is 1.72. The first-order chi connectivity index (χ1) is 17.3. The predicted octanol–water partition coefficient (Wildman–Crippen LogP) is 5.65. The molecular weight excluding hydrogens is 538 g/mol. The van der Waals surface area contributed by atoms with Crippen molar-refractivity contribution in [2.24, 2.45) is 5.92 Å². The van der Waals surface area contributed by atoms with Gasteiger partial charge in [-0.15, -0.1) is 11.3 Å². The van der Waals surface area contributed by atoms with E-state index < -0.39 is 15.9 Å². The van der Waals surface area contributed by atoms with Gasteiger partial charge in [0, 0.05) is 19.2 Å². The normalized spacial score (nSPS) is 16.8. The standard InChI is InChI=1S/C25H24ClN3O4S3/c1-33-19-9-10-21-20(14-19)27-25(34-21)29(15-17-6-3-2-4-7-17)24(30)18-8-5-13-28(16-18)36(31,32)23-12-11-22(26)35-23/h2-4,6-7,9-12,14,18H,5,8,13,15-16H2,1H3. The Bertz CT molecular complexity index is 1490. The highest BCUT2D eigenvalue weighted by Crippen LogP contribution is 2.35. The van der Waals surface area contributed by atoms with Crippen LogP contribution in [0.5, 0.6) is 5.75 Å². The van der Waals surface area contributed by atoms with Gasteiger partial charge in [-0.3, -0.25) is 9.69 Å². The molecule has 7 nitrogen and oxygen atoms in total. The molecular formula is C25H24ClN3O4S3. The molecule has 1 saturated heterocycles. The third-order valence-electron chi connectivity index (χ3n) is 6.14. The van der Waals surface area contributed by atoms with E-state index >= 15 is 0 Å². The summed E-state index contributed by atoms with van der Waals surface area (Å²) in [7, 11) is -2.11. The number of rotatable bonds is 7. The molecule has 5 rings (SSSR count). The Morgan fingerprint density at radius 3 is 2.69 bits per heavy atom. The summed E-state index contributed by atoms with van der Waals surface area (Å²) in [5, 5.41) is 0.581. The summed E-state index contributed by atoms with van der Waals surface area (Å²) >= 11 is 8.45. The number of carbonyl (C=O) groups excluding carboxylic acids is 1. The maximum atomic E-state index is 13.9. The first-order valence-electron chi connectivity index (χ1n) is 11.4. The van der Waals surface area contributed by atoms with E-state index in [-0.39, 0.29) is 16.7 Å². The molecule has 188 valence electrons. The fourth-order valence-electron chi connectivity index (χ4n) is 4.29. The van der Waals surface area contributed by atoms with Crippen molar-refractivity contribution in [2.45, 2.75) is 23.6 Å². The van der Waals surface area contributed by atoms with E-state index in [9.17, 15) is 13.2 Å². The number of amides is 1. The fraction of sp³-hybridized carbons (Fsp3) is 0.280. The Morgan fingerprint density at radius 1 is 1.17 bits per heavy atom. The van der Waals surface area contributed by atoms with Gasteiger partial charge in [0.05, 0.1) is 34.1 Å². The van der Waals surface area contributed by atoms with E-state index in [1.807, 2.05) is 48.5 Å². The van der Waals surface area contributed by atoms with Crippen LogP contribution in [0.15, 0.2) is 64.9 Å². The molecule has 1 atom stereocenters. The van der Waals surface area contributed by atoms with Crippen LogP contribution < -0.4 is 9.64 Å². The van der Waals surface area contributed by atoms with Crippen molar-refractivity contribution in [3.05, 3.63) is 70.6 Å². The van der Waals surface area contributed by atoms with Gasteiger partial charge in [-0.1, -0.05) is 53.3 Å². The second-order valence-electron chi connectivity index (χ2n) is 8.50. The minimum absolute atomic E-state index is 0.126. The van der Waals surface area contributed by atoms with Crippen LogP contribution in [0.1, 0.15) is 18.4 Å². The van der Waals surface area contributed by atoms with E-state index in [4.69, 9.17) is 21.3 Å². The second-order valence-corrected chi connectivity index (χ2v) is 13.4. The minimum atomic E-state index is -3.72. The average Bonchev–Trinajstić information content (AvgIpc) is 3.53. The molecule has 3 heterocycles. The van der Waals surface area contributed by atoms with E-state index in [1.165, 1.54) is 21.7 Å². The number of thiophene rings is 1. The van der Waals surface area contributed by atoms with Crippen molar-refractivity contribution >= 4 is 65.6 Å². The van der Waals surface area contributed by atoms with E-state index in [1.54, 1.807) is 18.1 Å². The number of methoxy groups -OCH3 is 1. The van der Waals surface area contributed by atoms with Gasteiger partial charge in [-0.2, -0.15) is 4.31 Å². The van der Waals surface area contributed by atoms with Gasteiger partial charge in [0.2, 0.25) is 5.91 Å². The van der Waals surface area contributed by atoms with Crippen molar-refractivity contribution in [1.82, 2.24) is 9.29 Å². The van der Waals surface area contributed by atoms with Crippen LogP contribution in [0.4, 0.5) is 5.13 Å². The summed E-state index contributed by atoms with van der Waals surface area (Å²) in [6, 6.07) is 18.5. The number of aromatic nitrogens is 1. The number of hydrogen-bond donors (Lipinski definition) is 0. The molecule has 0 saturated carbocycles. The van der Waals surface area contributed by atoms with Gasteiger partial charge in [0.1, 0.15) is 9.96 Å². The first-order valence-corrected chi connectivity index (χ1v) is 14.9. The number of piperidine rings is 1. The second kappa shape index (κ2) is 10.5. The Hall–Kier alpha value is -2.50. The van der Waals surface area contributed by atoms with E-state index in [0.29, 0.717) is 41.1 Å². The lowest BCUT2D eigenvalue weighted by atomic mass is 9.98. The number of thiazole rings is 1. The SMILES string of the molecule is COc1ccc2sc(N(Cc3ccccc3)C(=O)C3CCCN(S(=O)(=O)c4ccc(Cl)s4)C3)nc2c1. The van der Waals surface area contributed by atoms with Crippen LogP contribution in [0.3, 0.4) is 0 Å². The zero-order chi connectivity index (χ0) is 25.3. The number of sulfonamides is 1. The van der Waals surface area contributed by atoms with Crippen LogP contribution in [0.25, 0.3) is 10.2 Å². The molecule has 36 heavy (non-hydrogen) atoms. The first kappa shape index (κ1) is 25.2. The molecule has 0 bridgehead atoms. The number of halogens is 1. The van der Waals surface area contributed by atoms with Gasteiger partial charge >= 0.3 is 0 Å². The van der Waals surface area contributed by atoms with Crippen molar-refractivity contribution in [3.8, 4) is 5.75 Å². The monoisotopic (exact) mass is 561 g/mol. The van der Waals surface area contributed by atoms with Crippen LogP contribution in [-0.4, -0.2) is 43.8 Å². The highest BCUT2D eigenvalue weighted by atomic mass is 35.5. The maximum absolute atomic E-state index is 13.9. The van der Waals surface area contributed by atoms with Crippen molar-refractivity contribution in [2.75, 3.05) is 25.1 Å². The zero-order valence-electron chi connectivity index (χ0n) is 19.5. The third kappa shape index (κ3) is 5.14. The number of benzene rings is 2. The molecule has 2 aromatic heterocycles. The number of nitrogens with zero attached hydrogens (tertiary/aromatic N) is 3. The summed E-state index contributed by atoms with van der Waals surface area (Å²) < 4.78 is 34.7. The largest absolute Gasteiger partial charge is 0.497 e. The van der Waals surface area contributed by atoms with Crippen LogP contribution >= 0.6 is 34.3 Å². The number of anilines is 1. The van der Waals surface area contributed by atoms with Gasteiger partial charge in [0.15, 0.2) is 5.13 Å². The molecule has 4 aromatic rings. The van der Waals surface area contributed by atoms with E-state index in [2.05, 4.69) is 0 Å². The van der Waals surface area contributed by atoms with Crippen molar-refractivity contribution < 1.29 is 17.9 Å². The third-order valence-corrected chi connectivity index (χ3v) is 10.8.